The highest BCUT2D eigenvalue weighted by molar-refractivity contribution is 5.46. The lowest BCUT2D eigenvalue weighted by Gasteiger charge is -2.33. The fourth-order valence-corrected chi connectivity index (χ4v) is 3.48. The van der Waals surface area contributed by atoms with E-state index in [1.165, 1.54) is 11.1 Å². The molecule has 1 unspecified atom stereocenters. The minimum atomic E-state index is 0.230. The largest absolute Gasteiger partial charge is 0.374 e. The van der Waals surface area contributed by atoms with Gasteiger partial charge in [0.05, 0.1) is 25.2 Å². The van der Waals surface area contributed by atoms with Gasteiger partial charge in [-0.3, -0.25) is 4.90 Å². The number of rotatable bonds is 9. The Morgan fingerprint density at radius 3 is 2.68 bits per heavy atom. The second-order valence-corrected chi connectivity index (χ2v) is 7.34. The van der Waals surface area contributed by atoms with Crippen LogP contribution in [0.25, 0.3) is 0 Å². The highest BCUT2D eigenvalue weighted by atomic mass is 16.5. The van der Waals surface area contributed by atoms with Gasteiger partial charge in [-0.25, -0.2) is 0 Å². The van der Waals surface area contributed by atoms with E-state index in [4.69, 9.17) is 10.00 Å². The average molecular weight is 379 g/mol. The Bertz CT molecular complexity index is 741. The Hall–Kier alpha value is -2.39. The summed E-state index contributed by atoms with van der Waals surface area (Å²) in [6.45, 7) is 6.18. The second kappa shape index (κ2) is 10.8. The standard InChI is InChI=1S/C23H30N4O/c1-26(13-5-12-24)22-10-8-20(9-11-22)16-25-17-23-19-27(14-15-28-23)18-21-6-3-2-4-7-21/h2-4,6-11,23,25H,5,13-19H2,1H3. The molecular weight excluding hydrogens is 348 g/mol. The molecule has 0 aromatic heterocycles. The van der Waals surface area contributed by atoms with Crippen molar-refractivity contribution >= 4 is 5.69 Å². The van der Waals surface area contributed by atoms with Crippen LogP contribution in [-0.2, 0) is 17.8 Å². The van der Waals surface area contributed by atoms with Crippen molar-refractivity contribution in [3.05, 3.63) is 65.7 Å². The van der Waals surface area contributed by atoms with Crippen LogP contribution >= 0.6 is 0 Å². The maximum Gasteiger partial charge on any atom is 0.0826 e. The predicted molar refractivity (Wildman–Crippen MR) is 113 cm³/mol. The van der Waals surface area contributed by atoms with Crippen molar-refractivity contribution in [3.8, 4) is 6.07 Å². The number of morpholine rings is 1. The first-order valence-corrected chi connectivity index (χ1v) is 10.0. The minimum Gasteiger partial charge on any atom is -0.374 e. The smallest absolute Gasteiger partial charge is 0.0826 e. The maximum atomic E-state index is 8.70. The molecule has 0 amide bonds. The van der Waals surface area contributed by atoms with E-state index in [1.807, 2.05) is 7.05 Å². The molecule has 0 saturated carbocycles. The van der Waals surface area contributed by atoms with Gasteiger partial charge in [-0.05, 0) is 23.3 Å². The lowest BCUT2D eigenvalue weighted by molar-refractivity contribution is -0.0300. The van der Waals surface area contributed by atoms with Crippen LogP contribution in [0.4, 0.5) is 5.69 Å². The zero-order valence-electron chi connectivity index (χ0n) is 16.7. The molecule has 0 spiro atoms. The molecular formula is C23H30N4O. The van der Waals surface area contributed by atoms with Gasteiger partial charge in [-0.1, -0.05) is 42.5 Å². The van der Waals surface area contributed by atoms with Crippen LogP contribution < -0.4 is 10.2 Å². The van der Waals surface area contributed by atoms with Crippen molar-refractivity contribution < 1.29 is 4.74 Å². The summed E-state index contributed by atoms with van der Waals surface area (Å²) >= 11 is 0. The van der Waals surface area contributed by atoms with Crippen molar-refractivity contribution in [2.24, 2.45) is 0 Å². The van der Waals surface area contributed by atoms with Gasteiger partial charge in [-0.15, -0.1) is 0 Å². The van der Waals surface area contributed by atoms with E-state index < -0.39 is 0 Å². The number of benzene rings is 2. The summed E-state index contributed by atoms with van der Waals surface area (Å²) in [4.78, 5) is 4.58. The molecule has 5 heteroatoms. The fraction of sp³-hybridized carbons (Fsp3) is 0.435. The summed E-state index contributed by atoms with van der Waals surface area (Å²) in [5.74, 6) is 0. The highest BCUT2D eigenvalue weighted by Crippen LogP contribution is 2.14. The van der Waals surface area contributed by atoms with Crippen molar-refractivity contribution in [3.63, 3.8) is 0 Å². The van der Waals surface area contributed by atoms with Crippen LogP contribution in [0.15, 0.2) is 54.6 Å². The Balaban J connectivity index is 1.40. The third-order valence-electron chi connectivity index (χ3n) is 5.11. The number of nitrogens with zero attached hydrogens (tertiary/aromatic N) is 3. The molecule has 148 valence electrons. The SMILES string of the molecule is CN(CCC#N)c1ccc(CNCC2CN(Cc3ccccc3)CCO2)cc1. The van der Waals surface area contributed by atoms with Crippen molar-refractivity contribution in [2.45, 2.75) is 25.6 Å². The number of anilines is 1. The molecule has 1 saturated heterocycles. The lowest BCUT2D eigenvalue weighted by Crippen LogP contribution is -2.46. The number of ether oxygens (including phenoxy) is 1. The van der Waals surface area contributed by atoms with Crippen LogP contribution in [-0.4, -0.2) is 50.8 Å². The van der Waals surface area contributed by atoms with E-state index in [1.54, 1.807) is 0 Å². The predicted octanol–water partition coefficient (Wildman–Crippen LogP) is 3.03. The maximum absolute atomic E-state index is 8.70. The molecule has 3 rings (SSSR count). The van der Waals surface area contributed by atoms with E-state index in [0.29, 0.717) is 6.42 Å². The van der Waals surface area contributed by atoms with Crippen molar-refractivity contribution in [1.82, 2.24) is 10.2 Å². The summed E-state index contributed by atoms with van der Waals surface area (Å²) in [5.41, 5.74) is 3.76. The number of nitriles is 1. The third-order valence-corrected chi connectivity index (χ3v) is 5.11. The fourth-order valence-electron chi connectivity index (χ4n) is 3.48. The minimum absolute atomic E-state index is 0.230. The van der Waals surface area contributed by atoms with Crippen LogP contribution in [0.1, 0.15) is 17.5 Å². The van der Waals surface area contributed by atoms with Crippen LogP contribution in [0.3, 0.4) is 0 Å². The molecule has 1 atom stereocenters. The van der Waals surface area contributed by atoms with Gasteiger partial charge >= 0.3 is 0 Å². The molecule has 0 radical (unpaired) electrons. The summed E-state index contributed by atoms with van der Waals surface area (Å²) in [6, 6.07) is 21.3. The van der Waals surface area contributed by atoms with Crippen molar-refractivity contribution in [1.29, 1.82) is 5.26 Å². The number of nitrogens with one attached hydrogen (secondary N) is 1. The molecule has 28 heavy (non-hydrogen) atoms. The van der Waals surface area contributed by atoms with E-state index in [2.05, 4.69) is 75.8 Å². The first-order chi connectivity index (χ1) is 13.7. The Kier molecular flexibility index (Phi) is 7.86. The van der Waals surface area contributed by atoms with Gasteiger partial charge in [0.1, 0.15) is 0 Å². The van der Waals surface area contributed by atoms with E-state index in [9.17, 15) is 0 Å². The van der Waals surface area contributed by atoms with Gasteiger partial charge in [0.2, 0.25) is 0 Å². The van der Waals surface area contributed by atoms with E-state index in [-0.39, 0.29) is 6.10 Å². The summed E-state index contributed by atoms with van der Waals surface area (Å²) in [6.07, 6.45) is 0.775. The van der Waals surface area contributed by atoms with Crippen LogP contribution in [0.2, 0.25) is 0 Å². The number of hydrogen-bond acceptors (Lipinski definition) is 5. The molecule has 1 fully saturated rings. The number of hydrogen-bond donors (Lipinski definition) is 1. The Morgan fingerprint density at radius 1 is 1.14 bits per heavy atom. The molecule has 5 nitrogen and oxygen atoms in total. The summed E-state index contributed by atoms with van der Waals surface area (Å²) in [5, 5.41) is 12.2. The molecule has 1 heterocycles. The lowest BCUT2D eigenvalue weighted by atomic mass is 10.1. The Labute approximate surface area is 168 Å². The summed E-state index contributed by atoms with van der Waals surface area (Å²) in [7, 11) is 2.02. The second-order valence-electron chi connectivity index (χ2n) is 7.34. The average Bonchev–Trinajstić information content (AvgIpc) is 2.73. The zero-order chi connectivity index (χ0) is 19.6. The quantitative estimate of drug-likeness (QED) is 0.727. The van der Waals surface area contributed by atoms with Gasteiger partial charge < -0.3 is 15.0 Å². The molecule has 0 bridgehead atoms. The molecule has 2 aromatic rings. The normalized spacial score (nSPS) is 17.2. The molecule has 1 N–H and O–H groups in total. The first kappa shape index (κ1) is 20.3. The van der Waals surface area contributed by atoms with Gasteiger partial charge in [0, 0.05) is 52.0 Å². The molecule has 1 aliphatic rings. The van der Waals surface area contributed by atoms with Crippen molar-refractivity contribution in [2.75, 3.05) is 44.7 Å². The molecule has 1 aliphatic heterocycles. The summed E-state index contributed by atoms with van der Waals surface area (Å²) < 4.78 is 5.93. The van der Waals surface area contributed by atoms with E-state index >= 15 is 0 Å². The first-order valence-electron chi connectivity index (χ1n) is 10.0. The third kappa shape index (κ3) is 6.35. The van der Waals surface area contributed by atoms with Gasteiger partial charge in [0.15, 0.2) is 0 Å². The van der Waals surface area contributed by atoms with Crippen LogP contribution in [0.5, 0.6) is 0 Å². The van der Waals surface area contributed by atoms with Gasteiger partial charge in [-0.2, -0.15) is 5.26 Å². The monoisotopic (exact) mass is 378 g/mol. The van der Waals surface area contributed by atoms with Crippen LogP contribution in [0, 0.1) is 11.3 Å². The highest BCUT2D eigenvalue weighted by Gasteiger charge is 2.20. The molecule has 0 aliphatic carbocycles. The Morgan fingerprint density at radius 2 is 1.93 bits per heavy atom. The topological polar surface area (TPSA) is 51.5 Å². The zero-order valence-corrected chi connectivity index (χ0v) is 16.7. The van der Waals surface area contributed by atoms with Gasteiger partial charge in [0.25, 0.3) is 0 Å². The molecule has 2 aromatic carbocycles. The van der Waals surface area contributed by atoms with E-state index in [0.717, 1.165) is 51.6 Å².